The van der Waals surface area contributed by atoms with E-state index in [1.54, 1.807) is 25.1 Å². The number of anilines is 1. The molecule has 2 aromatic carbocycles. The van der Waals surface area contributed by atoms with E-state index < -0.39 is 0 Å². The zero-order valence-corrected chi connectivity index (χ0v) is 12.6. The Morgan fingerprint density at radius 1 is 1.00 bits per heavy atom. The Balaban J connectivity index is 1.74. The fourth-order valence-corrected chi connectivity index (χ4v) is 2.06. The predicted molar refractivity (Wildman–Crippen MR) is 87.7 cm³/mol. The van der Waals surface area contributed by atoms with Crippen molar-refractivity contribution in [3.63, 3.8) is 0 Å². The summed E-state index contributed by atoms with van der Waals surface area (Å²) in [7, 11) is 0. The molecule has 0 bridgehead atoms. The Morgan fingerprint density at radius 2 is 1.78 bits per heavy atom. The molecule has 5 nitrogen and oxygen atoms in total. The molecule has 0 aliphatic heterocycles. The highest BCUT2D eigenvalue weighted by Gasteiger charge is 2.08. The normalized spacial score (nSPS) is 10.1. The van der Waals surface area contributed by atoms with E-state index >= 15 is 0 Å². The zero-order chi connectivity index (χ0) is 16.1. The summed E-state index contributed by atoms with van der Waals surface area (Å²) >= 11 is 0. The first-order valence-electron chi connectivity index (χ1n) is 7.14. The maximum atomic E-state index is 12.2. The van der Waals surface area contributed by atoms with Crippen LogP contribution in [-0.2, 0) is 0 Å². The van der Waals surface area contributed by atoms with Crippen molar-refractivity contribution in [2.45, 2.75) is 6.92 Å². The van der Waals surface area contributed by atoms with Gasteiger partial charge in [0.15, 0.2) is 0 Å². The van der Waals surface area contributed by atoms with Gasteiger partial charge in [0.25, 0.3) is 5.91 Å². The standard InChI is InChI=1S/C18H15N3O2/c1-13-10-14(12-19-21-13)18(22)20-15-6-5-9-17(11-15)23-16-7-3-2-4-8-16/h2-12H,1H3,(H,20,22). The van der Waals surface area contributed by atoms with Gasteiger partial charge in [0, 0.05) is 11.8 Å². The van der Waals surface area contributed by atoms with Crippen molar-refractivity contribution in [3.8, 4) is 11.5 Å². The van der Waals surface area contributed by atoms with Crippen molar-refractivity contribution in [2.75, 3.05) is 5.32 Å². The molecule has 1 amide bonds. The lowest BCUT2D eigenvalue weighted by molar-refractivity contribution is 0.102. The number of para-hydroxylation sites is 1. The Hall–Kier alpha value is -3.21. The van der Waals surface area contributed by atoms with Crippen molar-refractivity contribution in [1.82, 2.24) is 10.2 Å². The van der Waals surface area contributed by atoms with E-state index in [2.05, 4.69) is 15.5 Å². The second-order valence-electron chi connectivity index (χ2n) is 4.98. The van der Waals surface area contributed by atoms with Gasteiger partial charge in [-0.05, 0) is 37.3 Å². The van der Waals surface area contributed by atoms with Gasteiger partial charge in [-0.2, -0.15) is 10.2 Å². The summed E-state index contributed by atoms with van der Waals surface area (Å²) in [5.74, 6) is 1.16. The number of aryl methyl sites for hydroxylation is 1. The lowest BCUT2D eigenvalue weighted by Crippen LogP contribution is -2.12. The van der Waals surface area contributed by atoms with Crippen LogP contribution >= 0.6 is 0 Å². The summed E-state index contributed by atoms with van der Waals surface area (Å²) in [6.07, 6.45) is 1.44. The number of hydrogen-bond donors (Lipinski definition) is 1. The molecule has 0 aliphatic rings. The van der Waals surface area contributed by atoms with Gasteiger partial charge in [-0.25, -0.2) is 0 Å². The molecule has 0 atom stereocenters. The van der Waals surface area contributed by atoms with Crippen molar-refractivity contribution in [3.05, 3.63) is 78.1 Å². The molecule has 5 heteroatoms. The van der Waals surface area contributed by atoms with E-state index in [9.17, 15) is 4.79 Å². The minimum atomic E-state index is -0.236. The summed E-state index contributed by atoms with van der Waals surface area (Å²) < 4.78 is 5.75. The van der Waals surface area contributed by atoms with Gasteiger partial charge in [-0.15, -0.1) is 0 Å². The first-order chi connectivity index (χ1) is 11.2. The maximum absolute atomic E-state index is 12.2. The first kappa shape index (κ1) is 14.7. The van der Waals surface area contributed by atoms with Gasteiger partial charge < -0.3 is 10.1 Å². The lowest BCUT2D eigenvalue weighted by Gasteiger charge is -2.09. The van der Waals surface area contributed by atoms with E-state index in [-0.39, 0.29) is 5.91 Å². The zero-order valence-electron chi connectivity index (χ0n) is 12.6. The molecule has 1 aromatic heterocycles. The third kappa shape index (κ3) is 3.91. The fraction of sp³-hybridized carbons (Fsp3) is 0.0556. The molecule has 114 valence electrons. The average molecular weight is 305 g/mol. The smallest absolute Gasteiger partial charge is 0.257 e. The minimum absolute atomic E-state index is 0.236. The number of hydrogen-bond acceptors (Lipinski definition) is 4. The Morgan fingerprint density at radius 3 is 2.57 bits per heavy atom. The minimum Gasteiger partial charge on any atom is -0.457 e. The van der Waals surface area contributed by atoms with Gasteiger partial charge in [0.2, 0.25) is 0 Å². The molecule has 0 saturated heterocycles. The van der Waals surface area contributed by atoms with Crippen LogP contribution in [0.15, 0.2) is 66.9 Å². The maximum Gasteiger partial charge on any atom is 0.257 e. The van der Waals surface area contributed by atoms with Crippen LogP contribution in [0.1, 0.15) is 16.1 Å². The van der Waals surface area contributed by atoms with Crippen LogP contribution in [0.25, 0.3) is 0 Å². The van der Waals surface area contributed by atoms with E-state index in [1.807, 2.05) is 42.5 Å². The van der Waals surface area contributed by atoms with Crippen molar-refractivity contribution >= 4 is 11.6 Å². The van der Waals surface area contributed by atoms with Crippen LogP contribution in [0.3, 0.4) is 0 Å². The molecule has 0 aliphatic carbocycles. The van der Waals surface area contributed by atoms with Gasteiger partial charge >= 0.3 is 0 Å². The summed E-state index contributed by atoms with van der Waals surface area (Å²) in [4.78, 5) is 12.2. The number of benzene rings is 2. The predicted octanol–water partition coefficient (Wildman–Crippen LogP) is 3.83. The number of amides is 1. The molecule has 23 heavy (non-hydrogen) atoms. The monoisotopic (exact) mass is 305 g/mol. The van der Waals surface area contributed by atoms with E-state index in [4.69, 9.17) is 4.74 Å². The molecular formula is C18H15N3O2. The Labute approximate surface area is 134 Å². The fourth-order valence-electron chi connectivity index (χ4n) is 2.06. The summed E-state index contributed by atoms with van der Waals surface area (Å²) in [5.41, 5.74) is 1.81. The van der Waals surface area contributed by atoms with Crippen LogP contribution < -0.4 is 10.1 Å². The van der Waals surface area contributed by atoms with Crippen LogP contribution in [0.5, 0.6) is 11.5 Å². The lowest BCUT2D eigenvalue weighted by atomic mass is 10.2. The molecule has 0 fully saturated rings. The molecule has 3 rings (SSSR count). The Kier molecular flexibility index (Phi) is 4.29. The molecule has 0 saturated carbocycles. The largest absolute Gasteiger partial charge is 0.457 e. The van der Waals surface area contributed by atoms with E-state index in [0.717, 1.165) is 5.75 Å². The highest BCUT2D eigenvalue weighted by molar-refractivity contribution is 6.04. The third-order valence-electron chi connectivity index (χ3n) is 3.11. The van der Waals surface area contributed by atoms with Crippen LogP contribution in [0.4, 0.5) is 5.69 Å². The van der Waals surface area contributed by atoms with Gasteiger partial charge in [-0.3, -0.25) is 4.79 Å². The molecule has 1 heterocycles. The van der Waals surface area contributed by atoms with Gasteiger partial charge in [0.1, 0.15) is 11.5 Å². The number of nitrogens with zero attached hydrogens (tertiary/aromatic N) is 2. The van der Waals surface area contributed by atoms with Crippen LogP contribution in [0, 0.1) is 6.92 Å². The van der Waals surface area contributed by atoms with Gasteiger partial charge in [-0.1, -0.05) is 24.3 Å². The number of ether oxygens (including phenoxy) is 1. The summed E-state index contributed by atoms with van der Waals surface area (Å²) in [6, 6.07) is 18.4. The average Bonchev–Trinajstić information content (AvgIpc) is 2.56. The third-order valence-corrected chi connectivity index (χ3v) is 3.11. The molecule has 0 unspecified atom stereocenters. The molecule has 3 aromatic rings. The van der Waals surface area contributed by atoms with Crippen LogP contribution in [0.2, 0.25) is 0 Å². The van der Waals surface area contributed by atoms with Crippen molar-refractivity contribution < 1.29 is 9.53 Å². The Bertz CT molecular complexity index is 819. The van der Waals surface area contributed by atoms with Crippen molar-refractivity contribution in [1.29, 1.82) is 0 Å². The van der Waals surface area contributed by atoms with E-state index in [1.165, 1.54) is 6.20 Å². The SMILES string of the molecule is Cc1cc(C(=O)Nc2cccc(Oc3ccccc3)c2)cnn1. The first-order valence-corrected chi connectivity index (χ1v) is 7.14. The molecule has 0 radical (unpaired) electrons. The molecular weight excluding hydrogens is 290 g/mol. The quantitative estimate of drug-likeness (QED) is 0.795. The summed E-state index contributed by atoms with van der Waals surface area (Å²) in [5, 5.41) is 10.4. The number of nitrogens with one attached hydrogen (secondary N) is 1. The molecule has 0 spiro atoms. The highest BCUT2D eigenvalue weighted by Crippen LogP contribution is 2.24. The highest BCUT2D eigenvalue weighted by atomic mass is 16.5. The second-order valence-corrected chi connectivity index (χ2v) is 4.98. The van der Waals surface area contributed by atoms with Crippen molar-refractivity contribution in [2.24, 2.45) is 0 Å². The topological polar surface area (TPSA) is 64.1 Å². The van der Waals surface area contributed by atoms with Crippen LogP contribution in [-0.4, -0.2) is 16.1 Å². The molecule has 1 N–H and O–H groups in total. The summed E-state index contributed by atoms with van der Waals surface area (Å²) in [6.45, 7) is 1.79. The number of carbonyl (C=O) groups is 1. The number of aromatic nitrogens is 2. The van der Waals surface area contributed by atoms with Gasteiger partial charge in [0.05, 0.1) is 17.5 Å². The number of carbonyl (C=O) groups excluding carboxylic acids is 1. The van der Waals surface area contributed by atoms with E-state index in [0.29, 0.717) is 22.7 Å². The second kappa shape index (κ2) is 6.70. The number of rotatable bonds is 4.